The lowest BCUT2D eigenvalue weighted by molar-refractivity contribution is -0.137. The highest BCUT2D eigenvalue weighted by Crippen LogP contribution is 2.14. The maximum Gasteiger partial charge on any atom is 0.303 e. The Morgan fingerprint density at radius 3 is 2.70 bits per heavy atom. The van der Waals surface area contributed by atoms with Crippen molar-refractivity contribution in [2.24, 2.45) is 0 Å². The molecule has 11 heteroatoms. The van der Waals surface area contributed by atoms with Crippen LogP contribution >= 0.6 is 11.8 Å². The third-order valence-corrected chi connectivity index (χ3v) is 4.33. The molecule has 1 amide bonds. The fraction of sp³-hybridized carbons (Fsp3) is 0.250. The monoisotopic (exact) mass is 391 g/mol. The van der Waals surface area contributed by atoms with Crippen LogP contribution in [0.5, 0.6) is 0 Å². The predicted molar refractivity (Wildman–Crippen MR) is 98.2 cm³/mol. The first kappa shape index (κ1) is 20.1. The smallest absolute Gasteiger partial charge is 0.303 e. The van der Waals surface area contributed by atoms with Crippen LogP contribution in [-0.4, -0.2) is 43.4 Å². The number of aliphatic carboxylic acids is 1. The number of Topliss-reactive ketones (excluding diaryl/α,β-unsaturated/α-hetero) is 1. The lowest BCUT2D eigenvalue weighted by Gasteiger charge is -2.08. The molecule has 1 aromatic heterocycles. The SMILES string of the molecule is CC(=O)c1cccc(NC(=O)CSc2nnc(CCC(=O)O)c(=O)n2N)c1. The second-order valence-corrected chi connectivity index (χ2v) is 6.41. The quantitative estimate of drug-likeness (QED) is 0.327. The summed E-state index contributed by atoms with van der Waals surface area (Å²) in [5, 5.41) is 18.8. The largest absolute Gasteiger partial charge is 0.481 e. The number of nitrogens with one attached hydrogen (secondary N) is 1. The number of aryl methyl sites for hydroxylation is 1. The van der Waals surface area contributed by atoms with Crippen LogP contribution in [0.1, 0.15) is 29.4 Å². The maximum atomic E-state index is 12.0. The fourth-order valence-corrected chi connectivity index (χ4v) is 2.70. The van der Waals surface area contributed by atoms with E-state index in [1.54, 1.807) is 24.3 Å². The molecule has 0 saturated carbocycles. The summed E-state index contributed by atoms with van der Waals surface area (Å²) in [6, 6.07) is 6.49. The summed E-state index contributed by atoms with van der Waals surface area (Å²) in [7, 11) is 0. The van der Waals surface area contributed by atoms with Crippen molar-refractivity contribution in [2.45, 2.75) is 24.9 Å². The Kier molecular flexibility index (Phi) is 6.66. The van der Waals surface area contributed by atoms with Crippen LogP contribution in [-0.2, 0) is 16.0 Å². The molecule has 0 fully saturated rings. The third kappa shape index (κ3) is 5.64. The van der Waals surface area contributed by atoms with Gasteiger partial charge < -0.3 is 16.3 Å². The van der Waals surface area contributed by atoms with Crippen molar-refractivity contribution < 1.29 is 19.5 Å². The van der Waals surface area contributed by atoms with E-state index in [9.17, 15) is 19.2 Å². The van der Waals surface area contributed by atoms with E-state index >= 15 is 0 Å². The van der Waals surface area contributed by atoms with Gasteiger partial charge in [-0.15, -0.1) is 10.2 Å². The molecule has 4 N–H and O–H groups in total. The number of nitrogen functional groups attached to an aromatic ring is 1. The first-order valence-corrected chi connectivity index (χ1v) is 8.75. The van der Waals surface area contributed by atoms with Crippen LogP contribution in [0.25, 0.3) is 0 Å². The Morgan fingerprint density at radius 2 is 2.04 bits per heavy atom. The van der Waals surface area contributed by atoms with Crippen molar-refractivity contribution in [2.75, 3.05) is 16.9 Å². The number of nitrogens with two attached hydrogens (primary N) is 1. The van der Waals surface area contributed by atoms with Gasteiger partial charge in [0, 0.05) is 17.7 Å². The number of hydrogen-bond donors (Lipinski definition) is 3. The number of ketones is 1. The number of benzene rings is 1. The number of aromatic nitrogens is 3. The first-order valence-electron chi connectivity index (χ1n) is 7.77. The Bertz CT molecular complexity index is 943. The van der Waals surface area contributed by atoms with Gasteiger partial charge in [0.2, 0.25) is 11.1 Å². The molecule has 1 heterocycles. The number of anilines is 1. The summed E-state index contributed by atoms with van der Waals surface area (Å²) in [4.78, 5) is 46.0. The highest BCUT2D eigenvalue weighted by atomic mass is 32.2. The van der Waals surface area contributed by atoms with E-state index in [1.807, 2.05) is 0 Å². The molecule has 27 heavy (non-hydrogen) atoms. The van der Waals surface area contributed by atoms with Crippen molar-refractivity contribution in [1.29, 1.82) is 0 Å². The van der Waals surface area contributed by atoms with Gasteiger partial charge in [0.25, 0.3) is 5.56 Å². The van der Waals surface area contributed by atoms with Crippen LogP contribution < -0.4 is 16.7 Å². The van der Waals surface area contributed by atoms with E-state index in [2.05, 4.69) is 15.5 Å². The van der Waals surface area contributed by atoms with E-state index in [1.165, 1.54) is 6.92 Å². The van der Waals surface area contributed by atoms with Crippen LogP contribution in [0.2, 0.25) is 0 Å². The van der Waals surface area contributed by atoms with Crippen LogP contribution in [0.4, 0.5) is 5.69 Å². The molecular weight excluding hydrogens is 374 g/mol. The minimum absolute atomic E-state index is 0.0201. The summed E-state index contributed by atoms with van der Waals surface area (Å²) in [5.41, 5.74) is 0.214. The molecule has 0 aliphatic carbocycles. The topological polar surface area (TPSA) is 157 Å². The molecule has 0 saturated heterocycles. The number of thioether (sulfide) groups is 1. The molecule has 1 aromatic carbocycles. The first-order chi connectivity index (χ1) is 12.8. The zero-order chi connectivity index (χ0) is 20.0. The number of carboxylic acids is 1. The van der Waals surface area contributed by atoms with E-state index in [0.29, 0.717) is 11.3 Å². The summed E-state index contributed by atoms with van der Waals surface area (Å²) in [5.74, 6) is 3.98. The zero-order valence-corrected chi connectivity index (χ0v) is 15.2. The van der Waals surface area contributed by atoms with Gasteiger partial charge in [0.05, 0.1) is 12.2 Å². The number of rotatable bonds is 8. The Hall–Kier alpha value is -3.21. The molecule has 0 bridgehead atoms. The van der Waals surface area contributed by atoms with Crippen molar-refractivity contribution in [3.8, 4) is 0 Å². The van der Waals surface area contributed by atoms with Gasteiger partial charge in [0.15, 0.2) is 5.78 Å². The van der Waals surface area contributed by atoms with Crippen molar-refractivity contribution in [3.63, 3.8) is 0 Å². The summed E-state index contributed by atoms with van der Waals surface area (Å²) >= 11 is 0.901. The van der Waals surface area contributed by atoms with Gasteiger partial charge >= 0.3 is 5.97 Å². The molecule has 2 rings (SSSR count). The molecule has 10 nitrogen and oxygen atoms in total. The molecule has 0 spiro atoms. The van der Waals surface area contributed by atoms with E-state index in [0.717, 1.165) is 16.4 Å². The molecule has 0 radical (unpaired) electrons. The summed E-state index contributed by atoms with van der Waals surface area (Å²) in [6.45, 7) is 1.43. The van der Waals surface area contributed by atoms with Gasteiger partial charge in [-0.2, -0.15) is 4.68 Å². The van der Waals surface area contributed by atoms with Crippen LogP contribution in [0.3, 0.4) is 0 Å². The Balaban J connectivity index is 1.99. The van der Waals surface area contributed by atoms with Gasteiger partial charge in [-0.1, -0.05) is 23.9 Å². The van der Waals surface area contributed by atoms with Gasteiger partial charge in [0.1, 0.15) is 5.69 Å². The van der Waals surface area contributed by atoms with Crippen molar-refractivity contribution >= 4 is 35.1 Å². The van der Waals surface area contributed by atoms with Crippen molar-refractivity contribution in [3.05, 3.63) is 45.9 Å². The number of carbonyl (C=O) groups is 3. The minimum Gasteiger partial charge on any atom is -0.481 e. The average Bonchev–Trinajstić information content (AvgIpc) is 2.62. The minimum atomic E-state index is -1.07. The highest BCUT2D eigenvalue weighted by molar-refractivity contribution is 7.99. The normalized spacial score (nSPS) is 10.4. The Morgan fingerprint density at radius 1 is 1.30 bits per heavy atom. The van der Waals surface area contributed by atoms with Gasteiger partial charge in [-0.25, -0.2) is 0 Å². The molecule has 0 aliphatic rings. The maximum absolute atomic E-state index is 12.0. The molecule has 0 atom stereocenters. The van der Waals surface area contributed by atoms with Gasteiger partial charge in [-0.05, 0) is 19.1 Å². The summed E-state index contributed by atoms with van der Waals surface area (Å²) in [6.07, 6.45) is -0.353. The molecule has 0 unspecified atom stereocenters. The number of carbonyl (C=O) groups excluding carboxylic acids is 2. The predicted octanol–water partition coefficient (Wildman–Crippen LogP) is 0.303. The number of nitrogens with zero attached hydrogens (tertiary/aromatic N) is 3. The second-order valence-electron chi connectivity index (χ2n) is 5.47. The van der Waals surface area contributed by atoms with E-state index in [-0.39, 0.29) is 41.1 Å². The standard InChI is InChI=1S/C16H17N5O5S/c1-9(22)10-3-2-4-11(7-10)18-13(23)8-27-16-20-19-12(5-6-14(24)25)15(26)21(16)17/h2-4,7H,5-6,8,17H2,1H3,(H,18,23)(H,24,25). The molecule has 0 aliphatic heterocycles. The van der Waals surface area contributed by atoms with Crippen LogP contribution in [0, 0.1) is 0 Å². The number of hydrogen-bond acceptors (Lipinski definition) is 8. The molecular formula is C16H17N5O5S. The highest BCUT2D eigenvalue weighted by Gasteiger charge is 2.14. The fourth-order valence-electron chi connectivity index (χ4n) is 2.04. The third-order valence-electron chi connectivity index (χ3n) is 3.39. The number of carboxylic acid groups (broad SMARTS) is 1. The molecule has 2 aromatic rings. The lowest BCUT2D eigenvalue weighted by Crippen LogP contribution is -2.34. The Labute approximate surface area is 157 Å². The van der Waals surface area contributed by atoms with E-state index in [4.69, 9.17) is 10.9 Å². The lowest BCUT2D eigenvalue weighted by atomic mass is 10.1. The van der Waals surface area contributed by atoms with Gasteiger partial charge in [-0.3, -0.25) is 19.2 Å². The van der Waals surface area contributed by atoms with Crippen molar-refractivity contribution in [1.82, 2.24) is 14.9 Å². The van der Waals surface area contributed by atoms with Crippen LogP contribution in [0.15, 0.2) is 34.2 Å². The molecule has 142 valence electrons. The zero-order valence-electron chi connectivity index (χ0n) is 14.3. The second kappa shape index (κ2) is 8.94. The van der Waals surface area contributed by atoms with E-state index < -0.39 is 11.5 Å². The number of amides is 1. The average molecular weight is 391 g/mol. The summed E-state index contributed by atoms with van der Waals surface area (Å²) < 4.78 is 0.735.